The summed E-state index contributed by atoms with van der Waals surface area (Å²) in [7, 11) is 1.57. The van der Waals surface area contributed by atoms with E-state index in [9.17, 15) is 4.79 Å². The van der Waals surface area contributed by atoms with E-state index in [0.29, 0.717) is 11.4 Å². The number of anilines is 1. The highest BCUT2D eigenvalue weighted by Gasteiger charge is 2.06. The standard InChI is InChI=1S/C9H12N4OS/c1-11-7(14)5-13-9-6(8(10)15)3-2-4-12-9/h2-4H,5H2,1H3,(H2,10,15)(H,11,14)(H,12,13). The highest BCUT2D eigenvalue weighted by atomic mass is 32.1. The Morgan fingerprint density at radius 1 is 1.67 bits per heavy atom. The molecule has 6 heteroatoms. The Hall–Kier alpha value is -1.69. The molecule has 0 aliphatic carbocycles. The summed E-state index contributed by atoms with van der Waals surface area (Å²) in [5.74, 6) is 0.392. The molecule has 0 saturated heterocycles. The van der Waals surface area contributed by atoms with Gasteiger partial charge in [0.15, 0.2) is 0 Å². The summed E-state index contributed by atoms with van der Waals surface area (Å²) in [5, 5.41) is 5.35. The van der Waals surface area contributed by atoms with Crippen LogP contribution in [0.5, 0.6) is 0 Å². The second-order valence-electron chi connectivity index (χ2n) is 2.79. The van der Waals surface area contributed by atoms with Crippen LogP contribution in [-0.2, 0) is 4.79 Å². The number of amides is 1. The summed E-state index contributed by atoms with van der Waals surface area (Å²) < 4.78 is 0. The molecule has 1 amide bonds. The molecule has 80 valence electrons. The first-order valence-corrected chi connectivity index (χ1v) is 4.75. The molecule has 1 rings (SSSR count). The summed E-state index contributed by atoms with van der Waals surface area (Å²) >= 11 is 4.86. The fourth-order valence-corrected chi connectivity index (χ4v) is 1.16. The van der Waals surface area contributed by atoms with Crippen molar-refractivity contribution in [3.63, 3.8) is 0 Å². The van der Waals surface area contributed by atoms with Crippen molar-refractivity contribution in [1.29, 1.82) is 0 Å². The monoisotopic (exact) mass is 224 g/mol. The summed E-state index contributed by atoms with van der Waals surface area (Å²) in [6, 6.07) is 3.49. The molecule has 0 saturated carbocycles. The number of nitrogens with two attached hydrogens (primary N) is 1. The number of nitrogens with one attached hydrogen (secondary N) is 2. The first-order chi connectivity index (χ1) is 7.15. The van der Waals surface area contributed by atoms with E-state index < -0.39 is 0 Å². The van der Waals surface area contributed by atoms with E-state index in [0.717, 1.165) is 0 Å². The highest BCUT2D eigenvalue weighted by molar-refractivity contribution is 7.80. The van der Waals surface area contributed by atoms with Crippen LogP contribution in [0.2, 0.25) is 0 Å². The van der Waals surface area contributed by atoms with E-state index in [1.54, 1.807) is 25.4 Å². The SMILES string of the molecule is CNC(=O)CNc1ncccc1C(N)=S. The molecule has 1 heterocycles. The predicted octanol–water partition coefficient (Wildman–Crippen LogP) is -0.126. The average molecular weight is 224 g/mol. The van der Waals surface area contributed by atoms with Crippen LogP contribution in [0.1, 0.15) is 5.56 Å². The van der Waals surface area contributed by atoms with Crippen molar-refractivity contribution in [1.82, 2.24) is 10.3 Å². The lowest BCUT2D eigenvalue weighted by Gasteiger charge is -2.08. The number of likely N-dealkylation sites (N-methyl/N-ethyl adjacent to an activating group) is 1. The zero-order chi connectivity index (χ0) is 11.3. The molecular formula is C9H12N4OS. The normalized spacial score (nSPS) is 9.40. The predicted molar refractivity (Wildman–Crippen MR) is 62.7 cm³/mol. The molecule has 0 fully saturated rings. The number of aromatic nitrogens is 1. The Labute approximate surface area is 93.1 Å². The Morgan fingerprint density at radius 2 is 2.40 bits per heavy atom. The maximum absolute atomic E-state index is 11.0. The van der Waals surface area contributed by atoms with Crippen molar-refractivity contribution in [2.24, 2.45) is 5.73 Å². The zero-order valence-corrected chi connectivity index (χ0v) is 9.10. The fourth-order valence-electron chi connectivity index (χ4n) is 0.997. The van der Waals surface area contributed by atoms with Crippen molar-refractivity contribution < 1.29 is 4.79 Å². The van der Waals surface area contributed by atoms with Gasteiger partial charge < -0.3 is 16.4 Å². The van der Waals surface area contributed by atoms with Crippen LogP contribution in [0.4, 0.5) is 5.82 Å². The zero-order valence-electron chi connectivity index (χ0n) is 8.28. The molecule has 4 N–H and O–H groups in total. The minimum atomic E-state index is -0.130. The minimum Gasteiger partial charge on any atom is -0.389 e. The van der Waals surface area contributed by atoms with Gasteiger partial charge in [-0.1, -0.05) is 12.2 Å². The molecule has 0 radical (unpaired) electrons. The number of thiocarbonyl (C=S) groups is 1. The largest absolute Gasteiger partial charge is 0.389 e. The van der Waals surface area contributed by atoms with E-state index in [1.165, 1.54) is 0 Å². The second-order valence-corrected chi connectivity index (χ2v) is 3.23. The number of carbonyl (C=O) groups excluding carboxylic acids is 1. The Bertz CT molecular complexity index is 380. The smallest absolute Gasteiger partial charge is 0.239 e. The topological polar surface area (TPSA) is 80.0 Å². The van der Waals surface area contributed by atoms with Crippen LogP contribution in [0.3, 0.4) is 0 Å². The molecule has 0 spiro atoms. The lowest BCUT2D eigenvalue weighted by atomic mass is 10.2. The second kappa shape index (κ2) is 5.26. The number of carbonyl (C=O) groups is 1. The minimum absolute atomic E-state index is 0.130. The maximum Gasteiger partial charge on any atom is 0.239 e. The Kier molecular flexibility index (Phi) is 3.99. The number of nitrogens with zero attached hydrogens (tertiary/aromatic N) is 1. The van der Waals surface area contributed by atoms with Crippen molar-refractivity contribution in [2.45, 2.75) is 0 Å². The van der Waals surface area contributed by atoms with E-state index in [1.807, 2.05) is 0 Å². The van der Waals surface area contributed by atoms with Crippen LogP contribution in [0, 0.1) is 0 Å². The van der Waals surface area contributed by atoms with Gasteiger partial charge in [-0.3, -0.25) is 4.79 Å². The van der Waals surface area contributed by atoms with E-state index >= 15 is 0 Å². The van der Waals surface area contributed by atoms with E-state index in [2.05, 4.69) is 15.6 Å². The van der Waals surface area contributed by atoms with Gasteiger partial charge in [0, 0.05) is 13.2 Å². The van der Waals surface area contributed by atoms with Crippen molar-refractivity contribution >= 4 is 28.9 Å². The summed E-state index contributed by atoms with van der Waals surface area (Å²) in [6.07, 6.45) is 1.61. The quantitative estimate of drug-likeness (QED) is 0.621. The molecule has 0 aliphatic rings. The number of hydrogen-bond acceptors (Lipinski definition) is 4. The van der Waals surface area contributed by atoms with Gasteiger partial charge in [0.05, 0.1) is 12.1 Å². The van der Waals surface area contributed by atoms with Gasteiger partial charge in [0.1, 0.15) is 10.8 Å². The van der Waals surface area contributed by atoms with E-state index in [4.69, 9.17) is 18.0 Å². The third-order valence-electron chi connectivity index (χ3n) is 1.77. The molecule has 0 unspecified atom stereocenters. The summed E-state index contributed by atoms with van der Waals surface area (Å²) in [6.45, 7) is 0.142. The van der Waals surface area contributed by atoms with Gasteiger partial charge in [-0.2, -0.15) is 0 Å². The molecule has 0 bridgehead atoms. The van der Waals surface area contributed by atoms with Gasteiger partial charge in [-0.25, -0.2) is 4.98 Å². The molecule has 1 aromatic heterocycles. The molecule has 0 atom stereocenters. The summed E-state index contributed by atoms with van der Waals surface area (Å²) in [4.78, 5) is 15.3. The molecule has 0 aromatic carbocycles. The average Bonchev–Trinajstić information content (AvgIpc) is 2.26. The van der Waals surface area contributed by atoms with Gasteiger partial charge in [0.25, 0.3) is 0 Å². The van der Waals surface area contributed by atoms with Crippen molar-refractivity contribution in [3.8, 4) is 0 Å². The van der Waals surface area contributed by atoms with Gasteiger partial charge in [-0.15, -0.1) is 0 Å². The van der Waals surface area contributed by atoms with Crippen LogP contribution < -0.4 is 16.4 Å². The number of hydrogen-bond donors (Lipinski definition) is 3. The number of pyridine rings is 1. The van der Waals surface area contributed by atoms with Crippen LogP contribution in [-0.4, -0.2) is 29.5 Å². The van der Waals surface area contributed by atoms with Gasteiger partial charge >= 0.3 is 0 Å². The van der Waals surface area contributed by atoms with E-state index in [-0.39, 0.29) is 17.4 Å². The van der Waals surface area contributed by atoms with Crippen LogP contribution in [0.15, 0.2) is 18.3 Å². The van der Waals surface area contributed by atoms with Gasteiger partial charge in [-0.05, 0) is 12.1 Å². The Balaban J connectivity index is 2.76. The lowest BCUT2D eigenvalue weighted by molar-refractivity contribution is -0.118. The fraction of sp³-hybridized carbons (Fsp3) is 0.222. The van der Waals surface area contributed by atoms with Gasteiger partial charge in [0.2, 0.25) is 5.91 Å². The first-order valence-electron chi connectivity index (χ1n) is 4.34. The molecule has 1 aromatic rings. The molecule has 0 aliphatic heterocycles. The van der Waals surface area contributed by atoms with Crippen LogP contribution >= 0.6 is 12.2 Å². The summed E-state index contributed by atoms with van der Waals surface area (Å²) in [5.41, 5.74) is 6.14. The maximum atomic E-state index is 11.0. The number of rotatable bonds is 4. The molecular weight excluding hydrogens is 212 g/mol. The first kappa shape index (κ1) is 11.4. The van der Waals surface area contributed by atoms with Crippen molar-refractivity contribution in [3.05, 3.63) is 23.9 Å². The molecule has 15 heavy (non-hydrogen) atoms. The third-order valence-corrected chi connectivity index (χ3v) is 1.99. The van der Waals surface area contributed by atoms with Crippen LogP contribution in [0.25, 0.3) is 0 Å². The Morgan fingerprint density at radius 3 is 3.00 bits per heavy atom. The third kappa shape index (κ3) is 3.17. The molecule has 5 nitrogen and oxygen atoms in total. The lowest BCUT2D eigenvalue weighted by Crippen LogP contribution is -2.27. The van der Waals surface area contributed by atoms with Crippen molar-refractivity contribution in [2.75, 3.05) is 18.9 Å². The highest BCUT2D eigenvalue weighted by Crippen LogP contribution is 2.10.